The van der Waals surface area contributed by atoms with Crippen LogP contribution in [0.4, 0.5) is 0 Å². The fraction of sp³-hybridized carbons (Fsp3) is 0.400. The predicted molar refractivity (Wildman–Crippen MR) is 96.3 cm³/mol. The van der Waals surface area contributed by atoms with Gasteiger partial charge in [0.2, 0.25) is 0 Å². The third kappa shape index (κ3) is 5.28. The van der Waals surface area contributed by atoms with Crippen LogP contribution in [0.15, 0.2) is 48.5 Å². The first-order valence-electron chi connectivity index (χ1n) is 8.78. The predicted octanol–water partition coefficient (Wildman–Crippen LogP) is 2.68. The molecule has 0 atom stereocenters. The van der Waals surface area contributed by atoms with Crippen molar-refractivity contribution in [1.82, 2.24) is 0 Å². The highest BCUT2D eigenvalue weighted by Crippen LogP contribution is 2.29. The fourth-order valence-electron chi connectivity index (χ4n) is 2.53. The first-order chi connectivity index (χ1) is 12.9. The molecule has 1 aliphatic heterocycles. The number of para-hydroxylation sites is 4. The van der Waals surface area contributed by atoms with Gasteiger partial charge in [0, 0.05) is 6.42 Å². The van der Waals surface area contributed by atoms with Gasteiger partial charge in [-0.3, -0.25) is 0 Å². The van der Waals surface area contributed by atoms with E-state index in [-0.39, 0.29) is 32.5 Å². The number of fused-ring (bicyclic) bond motifs is 2. The SMILES string of the molecule is OCCOC1COc2ccccc2OCCCOc2ccccc2OC1. The standard InChI is InChI=1S/C20H24O6/c21-10-13-22-16-14-25-19-8-3-1-6-17(19)23-11-5-12-24-18-7-2-4-9-20(18)26-15-16/h1-4,6-9,16,21H,5,10-15H2. The number of aliphatic hydroxyl groups excluding tert-OH is 1. The summed E-state index contributed by atoms with van der Waals surface area (Å²) >= 11 is 0. The lowest BCUT2D eigenvalue weighted by Crippen LogP contribution is -2.30. The van der Waals surface area contributed by atoms with Crippen molar-refractivity contribution in [2.24, 2.45) is 0 Å². The zero-order valence-electron chi connectivity index (χ0n) is 14.6. The third-order valence-electron chi connectivity index (χ3n) is 3.80. The maximum Gasteiger partial charge on any atom is 0.161 e. The molecular formula is C20H24O6. The minimum atomic E-state index is -0.341. The molecule has 26 heavy (non-hydrogen) atoms. The maximum absolute atomic E-state index is 9.04. The third-order valence-corrected chi connectivity index (χ3v) is 3.80. The number of hydrogen-bond donors (Lipinski definition) is 1. The number of aliphatic hydroxyl groups is 1. The average Bonchev–Trinajstić information content (AvgIpc) is 2.68. The molecule has 0 fully saturated rings. The summed E-state index contributed by atoms with van der Waals surface area (Å²) in [5.74, 6) is 2.69. The smallest absolute Gasteiger partial charge is 0.161 e. The minimum absolute atomic E-state index is 0.0596. The van der Waals surface area contributed by atoms with Crippen molar-refractivity contribution in [1.29, 1.82) is 0 Å². The summed E-state index contributed by atoms with van der Waals surface area (Å²) in [4.78, 5) is 0. The Morgan fingerprint density at radius 3 is 1.69 bits per heavy atom. The second-order valence-corrected chi connectivity index (χ2v) is 5.78. The van der Waals surface area contributed by atoms with E-state index in [1.165, 1.54) is 0 Å². The summed E-state index contributed by atoms with van der Waals surface area (Å²) in [6.07, 6.45) is 0.399. The highest BCUT2D eigenvalue weighted by molar-refractivity contribution is 5.40. The van der Waals surface area contributed by atoms with E-state index < -0.39 is 0 Å². The van der Waals surface area contributed by atoms with Crippen LogP contribution in [0.3, 0.4) is 0 Å². The fourth-order valence-corrected chi connectivity index (χ4v) is 2.53. The van der Waals surface area contributed by atoms with Gasteiger partial charge in [-0.15, -0.1) is 0 Å². The van der Waals surface area contributed by atoms with Crippen molar-refractivity contribution in [3.8, 4) is 23.0 Å². The Labute approximate surface area is 153 Å². The quantitative estimate of drug-likeness (QED) is 0.908. The molecule has 6 nitrogen and oxygen atoms in total. The van der Waals surface area contributed by atoms with Crippen LogP contribution in [0.5, 0.6) is 23.0 Å². The average molecular weight is 360 g/mol. The van der Waals surface area contributed by atoms with Crippen molar-refractivity contribution in [3.05, 3.63) is 48.5 Å². The molecule has 140 valence electrons. The molecule has 3 rings (SSSR count). The molecule has 1 N–H and O–H groups in total. The van der Waals surface area contributed by atoms with Crippen molar-refractivity contribution in [3.63, 3.8) is 0 Å². The second kappa shape index (κ2) is 9.89. The molecule has 6 heteroatoms. The van der Waals surface area contributed by atoms with E-state index >= 15 is 0 Å². The zero-order valence-corrected chi connectivity index (χ0v) is 14.6. The van der Waals surface area contributed by atoms with Gasteiger partial charge in [0.15, 0.2) is 23.0 Å². The molecule has 0 radical (unpaired) electrons. The van der Waals surface area contributed by atoms with Crippen LogP contribution >= 0.6 is 0 Å². The summed E-state index contributed by atoms with van der Waals surface area (Å²) in [6.45, 7) is 1.76. The molecule has 1 heterocycles. The summed E-state index contributed by atoms with van der Waals surface area (Å²) in [7, 11) is 0. The topological polar surface area (TPSA) is 66.4 Å². The second-order valence-electron chi connectivity index (χ2n) is 5.78. The van der Waals surface area contributed by atoms with Crippen LogP contribution < -0.4 is 18.9 Å². The summed E-state index contributed by atoms with van der Waals surface area (Å²) < 4.78 is 29.1. The first-order valence-corrected chi connectivity index (χ1v) is 8.78. The maximum atomic E-state index is 9.04. The van der Waals surface area contributed by atoms with Gasteiger partial charge >= 0.3 is 0 Å². The molecule has 0 aliphatic carbocycles. The molecule has 0 unspecified atom stereocenters. The van der Waals surface area contributed by atoms with Gasteiger partial charge in [0.05, 0.1) is 26.4 Å². The van der Waals surface area contributed by atoms with Crippen molar-refractivity contribution in [2.45, 2.75) is 12.5 Å². The zero-order chi connectivity index (χ0) is 18.0. The highest BCUT2D eigenvalue weighted by atomic mass is 16.6. The van der Waals surface area contributed by atoms with Crippen LogP contribution in [0.2, 0.25) is 0 Å². The van der Waals surface area contributed by atoms with E-state index in [4.69, 9.17) is 28.8 Å². The molecule has 0 saturated carbocycles. The number of ether oxygens (including phenoxy) is 5. The van der Waals surface area contributed by atoms with Gasteiger partial charge < -0.3 is 28.8 Å². The first kappa shape index (κ1) is 18.4. The Morgan fingerprint density at radius 2 is 1.23 bits per heavy atom. The number of hydrogen-bond acceptors (Lipinski definition) is 6. The molecule has 0 spiro atoms. The Morgan fingerprint density at radius 1 is 0.769 bits per heavy atom. The van der Waals surface area contributed by atoms with Crippen molar-refractivity contribution in [2.75, 3.05) is 39.6 Å². The van der Waals surface area contributed by atoms with Gasteiger partial charge in [0.1, 0.15) is 19.3 Å². The lowest BCUT2D eigenvalue weighted by Gasteiger charge is -2.21. The molecule has 2 aromatic rings. The summed E-state index contributed by atoms with van der Waals surface area (Å²) in [6, 6.07) is 15.1. The minimum Gasteiger partial charge on any atom is -0.490 e. The molecule has 0 amide bonds. The van der Waals surface area contributed by atoms with Gasteiger partial charge in [-0.05, 0) is 24.3 Å². The van der Waals surface area contributed by atoms with Crippen LogP contribution in [-0.4, -0.2) is 50.9 Å². The van der Waals surface area contributed by atoms with Crippen molar-refractivity contribution >= 4 is 0 Å². The normalized spacial score (nSPS) is 15.9. The van der Waals surface area contributed by atoms with E-state index in [1.54, 1.807) is 0 Å². The molecule has 0 saturated heterocycles. The molecule has 0 aromatic heterocycles. The Hall–Kier alpha value is -2.44. The van der Waals surface area contributed by atoms with Crippen LogP contribution in [0, 0.1) is 0 Å². The molecular weight excluding hydrogens is 336 g/mol. The van der Waals surface area contributed by atoms with Crippen molar-refractivity contribution < 1.29 is 28.8 Å². The lowest BCUT2D eigenvalue weighted by molar-refractivity contribution is -0.0216. The van der Waals surface area contributed by atoms with Gasteiger partial charge in [0.25, 0.3) is 0 Å². The van der Waals surface area contributed by atoms with E-state index in [0.717, 1.165) is 6.42 Å². The Balaban J connectivity index is 1.75. The van der Waals surface area contributed by atoms with Crippen LogP contribution in [0.1, 0.15) is 6.42 Å². The summed E-state index contributed by atoms with van der Waals surface area (Å²) in [5, 5.41) is 9.04. The van der Waals surface area contributed by atoms with E-state index in [2.05, 4.69) is 0 Å². The van der Waals surface area contributed by atoms with E-state index in [0.29, 0.717) is 36.2 Å². The van der Waals surface area contributed by atoms with Crippen LogP contribution in [0.25, 0.3) is 0 Å². The lowest BCUT2D eigenvalue weighted by atomic mass is 10.3. The number of benzene rings is 2. The van der Waals surface area contributed by atoms with Gasteiger partial charge in [-0.2, -0.15) is 0 Å². The highest BCUT2D eigenvalue weighted by Gasteiger charge is 2.15. The molecule has 1 aliphatic rings. The number of rotatable bonds is 3. The Kier molecular flexibility index (Phi) is 6.98. The van der Waals surface area contributed by atoms with E-state index in [1.807, 2.05) is 48.5 Å². The van der Waals surface area contributed by atoms with Gasteiger partial charge in [-0.1, -0.05) is 24.3 Å². The monoisotopic (exact) mass is 360 g/mol. The van der Waals surface area contributed by atoms with Crippen LogP contribution in [-0.2, 0) is 4.74 Å². The largest absolute Gasteiger partial charge is 0.490 e. The summed E-state index contributed by atoms with van der Waals surface area (Å²) in [5.41, 5.74) is 0. The molecule has 2 aromatic carbocycles. The van der Waals surface area contributed by atoms with E-state index in [9.17, 15) is 0 Å². The van der Waals surface area contributed by atoms with Gasteiger partial charge in [-0.25, -0.2) is 0 Å². The Bertz CT molecular complexity index is 621. The molecule has 0 bridgehead atoms.